The fraction of sp³-hybridized carbons (Fsp3) is 0.235. The summed E-state index contributed by atoms with van der Waals surface area (Å²) in [4.78, 5) is 20.1. The Labute approximate surface area is 145 Å². The largest absolute Gasteiger partial charge is 0.398 e. The molecule has 0 spiro atoms. The third-order valence-corrected chi connectivity index (χ3v) is 4.11. The lowest BCUT2D eigenvalue weighted by atomic mass is 10.1. The van der Waals surface area contributed by atoms with E-state index in [-0.39, 0.29) is 6.03 Å². The Morgan fingerprint density at radius 3 is 2.75 bits per heavy atom. The smallest absolute Gasteiger partial charge is 0.321 e. The van der Waals surface area contributed by atoms with Gasteiger partial charge < -0.3 is 11.1 Å². The number of amides is 2. The number of anilines is 2. The molecule has 0 bridgehead atoms. The highest BCUT2D eigenvalue weighted by Crippen LogP contribution is 2.34. The van der Waals surface area contributed by atoms with Crippen molar-refractivity contribution in [3.05, 3.63) is 36.7 Å². The SMILES string of the molecule is CC.CCNC(=O)Nc1nc2cc(-c3cccnc3)cc(N)c2s1. The van der Waals surface area contributed by atoms with E-state index >= 15 is 0 Å². The van der Waals surface area contributed by atoms with Crippen LogP contribution in [-0.2, 0) is 0 Å². The number of pyridine rings is 1. The minimum atomic E-state index is -0.271. The Hall–Kier alpha value is -2.67. The quantitative estimate of drug-likeness (QED) is 0.624. The van der Waals surface area contributed by atoms with Crippen molar-refractivity contribution in [1.29, 1.82) is 0 Å². The van der Waals surface area contributed by atoms with Gasteiger partial charge in [0.05, 0.1) is 15.9 Å². The summed E-state index contributed by atoms with van der Waals surface area (Å²) in [6.07, 6.45) is 3.50. The first-order valence-corrected chi connectivity index (χ1v) is 8.64. The zero-order chi connectivity index (χ0) is 17.5. The van der Waals surface area contributed by atoms with Crippen LogP contribution in [0.5, 0.6) is 0 Å². The molecule has 6 nitrogen and oxygen atoms in total. The lowest BCUT2D eigenvalue weighted by molar-refractivity contribution is 0.252. The average Bonchev–Trinajstić information content (AvgIpc) is 3.00. The van der Waals surface area contributed by atoms with Crippen molar-refractivity contribution in [1.82, 2.24) is 15.3 Å². The lowest BCUT2D eigenvalue weighted by Gasteiger charge is -2.02. The minimum Gasteiger partial charge on any atom is -0.398 e. The number of urea groups is 1. The third kappa shape index (κ3) is 3.99. The predicted octanol–water partition coefficient (Wildman–Crippen LogP) is 4.11. The van der Waals surface area contributed by atoms with Crippen molar-refractivity contribution in [2.45, 2.75) is 20.8 Å². The van der Waals surface area contributed by atoms with Crippen LogP contribution in [0.1, 0.15) is 20.8 Å². The molecule has 2 amide bonds. The van der Waals surface area contributed by atoms with Crippen molar-refractivity contribution >= 4 is 38.4 Å². The molecular weight excluding hydrogens is 322 g/mol. The van der Waals surface area contributed by atoms with Crippen LogP contribution >= 0.6 is 11.3 Å². The van der Waals surface area contributed by atoms with Gasteiger partial charge in [-0.1, -0.05) is 31.3 Å². The monoisotopic (exact) mass is 343 g/mol. The molecule has 24 heavy (non-hydrogen) atoms. The van der Waals surface area contributed by atoms with Crippen molar-refractivity contribution in [2.75, 3.05) is 17.6 Å². The van der Waals surface area contributed by atoms with Gasteiger partial charge in [0.15, 0.2) is 5.13 Å². The van der Waals surface area contributed by atoms with E-state index in [1.807, 2.05) is 45.0 Å². The number of carbonyl (C=O) groups excluding carboxylic acids is 1. The highest BCUT2D eigenvalue weighted by atomic mass is 32.1. The molecule has 0 saturated heterocycles. The summed E-state index contributed by atoms with van der Waals surface area (Å²) in [7, 11) is 0. The number of nitrogen functional groups attached to an aromatic ring is 1. The van der Waals surface area contributed by atoms with Gasteiger partial charge in [-0.15, -0.1) is 0 Å². The second kappa shape index (κ2) is 8.26. The molecule has 2 aromatic heterocycles. The summed E-state index contributed by atoms with van der Waals surface area (Å²) < 4.78 is 0.861. The molecule has 3 aromatic rings. The molecule has 0 unspecified atom stereocenters. The van der Waals surface area contributed by atoms with E-state index in [1.54, 1.807) is 12.4 Å². The number of aromatic nitrogens is 2. The van der Waals surface area contributed by atoms with Crippen molar-refractivity contribution in [3.8, 4) is 11.1 Å². The Kier molecular flexibility index (Phi) is 6.08. The van der Waals surface area contributed by atoms with Gasteiger partial charge in [0.1, 0.15) is 0 Å². The molecular formula is C17H21N5OS. The van der Waals surface area contributed by atoms with Gasteiger partial charge in [-0.05, 0) is 30.7 Å². The number of benzene rings is 1. The Morgan fingerprint density at radius 2 is 2.08 bits per heavy atom. The molecule has 0 aliphatic carbocycles. The van der Waals surface area contributed by atoms with Crippen molar-refractivity contribution in [3.63, 3.8) is 0 Å². The summed E-state index contributed by atoms with van der Waals surface area (Å²) in [5.74, 6) is 0. The van der Waals surface area contributed by atoms with Crippen LogP contribution in [0.3, 0.4) is 0 Å². The van der Waals surface area contributed by atoms with Gasteiger partial charge in [-0.25, -0.2) is 9.78 Å². The van der Waals surface area contributed by atoms with Crippen LogP contribution in [0.25, 0.3) is 21.3 Å². The molecule has 2 heterocycles. The number of rotatable bonds is 3. The number of thiazole rings is 1. The van der Waals surface area contributed by atoms with E-state index in [0.29, 0.717) is 17.4 Å². The Balaban J connectivity index is 0.00000100. The summed E-state index contributed by atoms with van der Waals surface area (Å²) >= 11 is 1.36. The molecule has 126 valence electrons. The van der Waals surface area contributed by atoms with E-state index in [2.05, 4.69) is 20.6 Å². The summed E-state index contributed by atoms with van der Waals surface area (Å²) in [5, 5.41) is 5.90. The first-order chi connectivity index (χ1) is 11.7. The molecule has 3 rings (SSSR count). The molecule has 0 aliphatic heterocycles. The summed E-state index contributed by atoms with van der Waals surface area (Å²) in [6, 6.07) is 7.41. The van der Waals surface area contributed by atoms with E-state index in [9.17, 15) is 4.79 Å². The van der Waals surface area contributed by atoms with Gasteiger partial charge in [-0.3, -0.25) is 10.3 Å². The molecule has 0 atom stereocenters. The zero-order valence-electron chi connectivity index (χ0n) is 14.0. The first-order valence-electron chi connectivity index (χ1n) is 7.82. The Bertz CT molecular complexity index is 816. The van der Waals surface area contributed by atoms with E-state index in [0.717, 1.165) is 21.3 Å². The molecule has 4 N–H and O–H groups in total. The van der Waals surface area contributed by atoms with Gasteiger partial charge in [-0.2, -0.15) is 0 Å². The predicted molar refractivity (Wildman–Crippen MR) is 101 cm³/mol. The van der Waals surface area contributed by atoms with Gasteiger partial charge in [0.2, 0.25) is 0 Å². The number of carbonyl (C=O) groups is 1. The Morgan fingerprint density at radius 1 is 1.29 bits per heavy atom. The van der Waals surface area contributed by atoms with E-state index in [4.69, 9.17) is 5.73 Å². The maximum absolute atomic E-state index is 11.6. The van der Waals surface area contributed by atoms with Crippen molar-refractivity contribution in [2.24, 2.45) is 0 Å². The normalized spacial score (nSPS) is 9.96. The van der Waals surface area contributed by atoms with Crippen LogP contribution in [-0.4, -0.2) is 22.5 Å². The highest BCUT2D eigenvalue weighted by molar-refractivity contribution is 7.23. The third-order valence-electron chi connectivity index (χ3n) is 3.07. The van der Waals surface area contributed by atoms with Crippen LogP contribution in [0.15, 0.2) is 36.7 Å². The fourth-order valence-electron chi connectivity index (χ4n) is 2.11. The number of hydrogen-bond donors (Lipinski definition) is 3. The van der Waals surface area contributed by atoms with Gasteiger partial charge in [0.25, 0.3) is 0 Å². The number of nitrogens with zero attached hydrogens (tertiary/aromatic N) is 2. The fourth-order valence-corrected chi connectivity index (χ4v) is 2.98. The lowest BCUT2D eigenvalue weighted by Crippen LogP contribution is -2.28. The van der Waals surface area contributed by atoms with Gasteiger partial charge >= 0.3 is 6.03 Å². The maximum atomic E-state index is 11.6. The van der Waals surface area contributed by atoms with E-state index < -0.39 is 0 Å². The number of hydrogen-bond acceptors (Lipinski definition) is 5. The molecule has 7 heteroatoms. The number of nitrogens with two attached hydrogens (primary N) is 1. The first kappa shape index (κ1) is 17.7. The summed E-state index contributed by atoms with van der Waals surface area (Å²) in [6.45, 7) is 6.42. The minimum absolute atomic E-state index is 0.271. The average molecular weight is 343 g/mol. The van der Waals surface area contributed by atoms with Crippen LogP contribution in [0.4, 0.5) is 15.6 Å². The second-order valence-corrected chi connectivity index (χ2v) is 5.66. The second-order valence-electron chi connectivity index (χ2n) is 4.66. The standard InChI is InChI=1S/C15H15N5OS.C2H6/c1-2-18-14(21)20-15-19-12-7-10(6-11(16)13(12)22-15)9-4-3-5-17-8-9;1-2/h3-8H,2,16H2,1H3,(H2,18,19,20,21);1-2H3. The van der Waals surface area contributed by atoms with Crippen LogP contribution < -0.4 is 16.4 Å². The number of nitrogens with one attached hydrogen (secondary N) is 2. The molecule has 0 fully saturated rings. The summed E-state index contributed by atoms with van der Waals surface area (Å²) in [5.41, 5.74) is 9.44. The maximum Gasteiger partial charge on any atom is 0.321 e. The van der Waals surface area contributed by atoms with Gasteiger partial charge in [0, 0.05) is 24.5 Å². The molecule has 0 aliphatic rings. The van der Waals surface area contributed by atoms with Crippen LogP contribution in [0, 0.1) is 0 Å². The number of fused-ring (bicyclic) bond motifs is 1. The van der Waals surface area contributed by atoms with E-state index in [1.165, 1.54) is 11.3 Å². The molecule has 1 aromatic carbocycles. The van der Waals surface area contributed by atoms with Crippen molar-refractivity contribution < 1.29 is 4.79 Å². The van der Waals surface area contributed by atoms with Crippen LogP contribution in [0.2, 0.25) is 0 Å². The zero-order valence-corrected chi connectivity index (χ0v) is 14.8. The molecule has 0 saturated carbocycles. The molecule has 0 radical (unpaired) electrons. The topological polar surface area (TPSA) is 92.9 Å². The highest BCUT2D eigenvalue weighted by Gasteiger charge is 2.11.